The summed E-state index contributed by atoms with van der Waals surface area (Å²) in [7, 11) is 0. The van der Waals surface area contributed by atoms with Crippen LogP contribution >= 0.6 is 0 Å². The minimum absolute atomic E-state index is 0.0366. The number of aliphatic hydroxyl groups is 1. The van der Waals surface area contributed by atoms with Gasteiger partial charge in [-0.2, -0.15) is 0 Å². The van der Waals surface area contributed by atoms with Gasteiger partial charge < -0.3 is 20.4 Å². The maximum Gasteiger partial charge on any atom is 0.326 e. The van der Waals surface area contributed by atoms with Crippen LogP contribution in [-0.2, 0) is 4.79 Å². The summed E-state index contributed by atoms with van der Waals surface area (Å²) in [5.41, 5.74) is 0. The van der Waals surface area contributed by atoms with Crippen molar-refractivity contribution in [3.8, 4) is 0 Å². The number of nitrogens with one attached hydrogen (secondary N) is 1. The normalized spacial score (nSPS) is 18.3. The first kappa shape index (κ1) is 13.8. The van der Waals surface area contributed by atoms with Crippen LogP contribution in [0.4, 0.5) is 4.79 Å². The summed E-state index contributed by atoms with van der Waals surface area (Å²) in [5.74, 6) is -1.11. The fourth-order valence-corrected chi connectivity index (χ4v) is 1.90. The van der Waals surface area contributed by atoms with Gasteiger partial charge in [-0.1, -0.05) is 12.8 Å². The molecule has 1 heterocycles. The van der Waals surface area contributed by atoms with Gasteiger partial charge in [-0.25, -0.2) is 9.59 Å². The topological polar surface area (TPSA) is 89.9 Å². The van der Waals surface area contributed by atoms with E-state index in [-0.39, 0.29) is 19.1 Å². The molecular weight excluding hydrogens is 224 g/mol. The van der Waals surface area contributed by atoms with Crippen molar-refractivity contribution >= 4 is 12.0 Å². The van der Waals surface area contributed by atoms with Crippen molar-refractivity contribution in [2.24, 2.45) is 0 Å². The quantitative estimate of drug-likeness (QED) is 0.668. The summed E-state index contributed by atoms with van der Waals surface area (Å²) in [6.45, 7) is 1.10. The van der Waals surface area contributed by atoms with Crippen molar-refractivity contribution in [2.75, 3.05) is 19.7 Å². The SMILES string of the molecule is O=C(O)[C@H](CCO)NC(=O)N1CCCCCC1. The summed E-state index contributed by atoms with van der Waals surface area (Å²) in [5, 5.41) is 20.0. The van der Waals surface area contributed by atoms with Gasteiger partial charge in [0.15, 0.2) is 0 Å². The summed E-state index contributed by atoms with van der Waals surface area (Å²) < 4.78 is 0. The predicted molar refractivity (Wildman–Crippen MR) is 61.7 cm³/mol. The van der Waals surface area contributed by atoms with Crippen LogP contribution in [0.15, 0.2) is 0 Å². The number of rotatable bonds is 4. The third-order valence-corrected chi connectivity index (χ3v) is 2.91. The number of hydrogen-bond donors (Lipinski definition) is 3. The number of carboxylic acids is 1. The number of carbonyl (C=O) groups is 2. The van der Waals surface area contributed by atoms with Crippen LogP contribution in [0, 0.1) is 0 Å². The number of carboxylic acid groups (broad SMARTS) is 1. The molecule has 6 heteroatoms. The molecule has 0 bridgehead atoms. The molecule has 0 spiro atoms. The number of aliphatic carboxylic acids is 1. The highest BCUT2D eigenvalue weighted by Gasteiger charge is 2.22. The molecule has 1 rings (SSSR count). The standard InChI is InChI=1S/C11H20N2O4/c14-8-5-9(10(15)16)12-11(17)13-6-3-1-2-4-7-13/h9,14H,1-8H2,(H,12,17)(H,15,16)/t9-/m0/s1. The van der Waals surface area contributed by atoms with E-state index in [9.17, 15) is 9.59 Å². The van der Waals surface area contributed by atoms with E-state index in [1.54, 1.807) is 4.90 Å². The first-order valence-corrected chi connectivity index (χ1v) is 6.04. The minimum atomic E-state index is -1.11. The molecule has 1 saturated heterocycles. The number of likely N-dealkylation sites (tertiary alicyclic amines) is 1. The van der Waals surface area contributed by atoms with Crippen LogP contribution < -0.4 is 5.32 Å². The van der Waals surface area contributed by atoms with Gasteiger partial charge in [-0.15, -0.1) is 0 Å². The van der Waals surface area contributed by atoms with Gasteiger partial charge in [0.1, 0.15) is 6.04 Å². The zero-order valence-corrected chi connectivity index (χ0v) is 9.89. The largest absolute Gasteiger partial charge is 0.480 e. The molecule has 0 aliphatic carbocycles. The Morgan fingerprint density at radius 3 is 2.24 bits per heavy atom. The van der Waals surface area contributed by atoms with E-state index in [4.69, 9.17) is 10.2 Å². The van der Waals surface area contributed by atoms with Crippen LogP contribution in [0.25, 0.3) is 0 Å². The molecular formula is C11H20N2O4. The molecule has 0 saturated carbocycles. The van der Waals surface area contributed by atoms with Crippen LogP contribution in [0.2, 0.25) is 0 Å². The molecule has 1 fully saturated rings. The van der Waals surface area contributed by atoms with E-state index in [1.807, 2.05) is 0 Å². The third-order valence-electron chi connectivity index (χ3n) is 2.91. The highest BCUT2D eigenvalue weighted by atomic mass is 16.4. The lowest BCUT2D eigenvalue weighted by atomic mass is 10.2. The number of carbonyl (C=O) groups excluding carboxylic acids is 1. The van der Waals surface area contributed by atoms with Gasteiger partial charge in [-0.3, -0.25) is 0 Å². The summed E-state index contributed by atoms with van der Waals surface area (Å²) in [6, 6.07) is -1.34. The molecule has 1 aliphatic rings. The van der Waals surface area contributed by atoms with E-state index in [1.165, 1.54) is 0 Å². The molecule has 0 aromatic carbocycles. The van der Waals surface area contributed by atoms with Crippen LogP contribution in [0.1, 0.15) is 32.1 Å². The van der Waals surface area contributed by atoms with Gasteiger partial charge in [0.25, 0.3) is 0 Å². The van der Waals surface area contributed by atoms with Crippen molar-refractivity contribution in [3.63, 3.8) is 0 Å². The van der Waals surface area contributed by atoms with Gasteiger partial charge in [0, 0.05) is 26.1 Å². The minimum Gasteiger partial charge on any atom is -0.480 e. The first-order valence-electron chi connectivity index (χ1n) is 6.04. The fraction of sp³-hybridized carbons (Fsp3) is 0.818. The van der Waals surface area contributed by atoms with Crippen LogP contribution in [-0.4, -0.2) is 52.9 Å². The second kappa shape index (κ2) is 7.11. The van der Waals surface area contributed by atoms with Crippen molar-refractivity contribution in [1.82, 2.24) is 10.2 Å². The molecule has 0 unspecified atom stereocenters. The first-order chi connectivity index (χ1) is 8.15. The number of nitrogens with zero attached hydrogens (tertiary/aromatic N) is 1. The lowest BCUT2D eigenvalue weighted by molar-refractivity contribution is -0.139. The second-order valence-corrected chi connectivity index (χ2v) is 4.25. The Hall–Kier alpha value is -1.30. The Labute approximate surface area is 101 Å². The van der Waals surface area contributed by atoms with Crippen molar-refractivity contribution in [1.29, 1.82) is 0 Å². The van der Waals surface area contributed by atoms with Gasteiger partial charge in [-0.05, 0) is 12.8 Å². The number of urea groups is 1. The zero-order valence-electron chi connectivity index (χ0n) is 9.89. The molecule has 1 aliphatic heterocycles. The van der Waals surface area contributed by atoms with Gasteiger partial charge in [0.2, 0.25) is 0 Å². The Morgan fingerprint density at radius 1 is 1.18 bits per heavy atom. The molecule has 0 aromatic heterocycles. The van der Waals surface area contributed by atoms with Gasteiger partial charge >= 0.3 is 12.0 Å². The highest BCUT2D eigenvalue weighted by Crippen LogP contribution is 2.09. The Balaban J connectivity index is 2.47. The second-order valence-electron chi connectivity index (χ2n) is 4.25. The van der Waals surface area contributed by atoms with E-state index >= 15 is 0 Å². The Morgan fingerprint density at radius 2 is 1.76 bits per heavy atom. The Bertz CT molecular complexity index is 262. The summed E-state index contributed by atoms with van der Waals surface area (Å²) in [6.07, 6.45) is 4.19. The zero-order chi connectivity index (χ0) is 12.7. The average molecular weight is 244 g/mol. The van der Waals surface area contributed by atoms with Crippen molar-refractivity contribution in [2.45, 2.75) is 38.1 Å². The third kappa shape index (κ3) is 4.60. The van der Waals surface area contributed by atoms with Crippen LogP contribution in [0.3, 0.4) is 0 Å². The van der Waals surface area contributed by atoms with Gasteiger partial charge in [0.05, 0.1) is 0 Å². The Kier molecular flexibility index (Phi) is 5.76. The maximum absolute atomic E-state index is 11.8. The molecule has 2 amide bonds. The molecule has 6 nitrogen and oxygen atoms in total. The lowest BCUT2D eigenvalue weighted by Crippen LogP contribution is -2.48. The summed E-state index contributed by atoms with van der Waals surface area (Å²) >= 11 is 0. The average Bonchev–Trinajstić information content (AvgIpc) is 2.56. The fourth-order valence-electron chi connectivity index (χ4n) is 1.90. The molecule has 3 N–H and O–H groups in total. The number of hydrogen-bond acceptors (Lipinski definition) is 3. The molecule has 0 aromatic rings. The smallest absolute Gasteiger partial charge is 0.326 e. The van der Waals surface area contributed by atoms with Crippen LogP contribution in [0.5, 0.6) is 0 Å². The number of aliphatic hydroxyl groups excluding tert-OH is 1. The van der Waals surface area contributed by atoms with Crippen molar-refractivity contribution < 1.29 is 19.8 Å². The lowest BCUT2D eigenvalue weighted by Gasteiger charge is -2.23. The summed E-state index contributed by atoms with van der Waals surface area (Å²) in [4.78, 5) is 24.3. The highest BCUT2D eigenvalue weighted by molar-refractivity contribution is 5.82. The van der Waals surface area contributed by atoms with Crippen molar-refractivity contribution in [3.05, 3.63) is 0 Å². The molecule has 17 heavy (non-hydrogen) atoms. The maximum atomic E-state index is 11.8. The number of amides is 2. The monoisotopic (exact) mass is 244 g/mol. The molecule has 98 valence electrons. The molecule has 0 radical (unpaired) electrons. The molecule has 1 atom stereocenters. The van der Waals surface area contributed by atoms with E-state index in [0.717, 1.165) is 25.7 Å². The van der Waals surface area contributed by atoms with E-state index in [0.29, 0.717) is 13.1 Å². The van der Waals surface area contributed by atoms with E-state index < -0.39 is 12.0 Å². The predicted octanol–water partition coefficient (Wildman–Crippen LogP) is 0.408. The van der Waals surface area contributed by atoms with E-state index in [2.05, 4.69) is 5.32 Å².